The first-order chi connectivity index (χ1) is 9.29. The van der Waals surface area contributed by atoms with Crippen LogP contribution in [-0.2, 0) is 5.41 Å². The van der Waals surface area contributed by atoms with Gasteiger partial charge in [-0.25, -0.2) is 14.8 Å². The molecule has 20 heavy (non-hydrogen) atoms. The van der Waals surface area contributed by atoms with Crippen LogP contribution in [0.5, 0.6) is 0 Å². The summed E-state index contributed by atoms with van der Waals surface area (Å²) in [6.45, 7) is 6.41. The number of nitrogens with zero attached hydrogens (tertiary/aromatic N) is 2. The van der Waals surface area contributed by atoms with Gasteiger partial charge in [0.05, 0.1) is 0 Å². The van der Waals surface area contributed by atoms with Crippen LogP contribution in [0.3, 0.4) is 0 Å². The van der Waals surface area contributed by atoms with E-state index in [1.807, 2.05) is 24.3 Å². The Morgan fingerprint density at radius 1 is 1.20 bits per heavy atom. The first-order valence-electron chi connectivity index (χ1n) is 6.16. The number of aromatic nitrogens is 2. The van der Waals surface area contributed by atoms with E-state index in [-0.39, 0.29) is 16.1 Å². The van der Waals surface area contributed by atoms with Crippen LogP contribution >= 0.6 is 11.6 Å². The van der Waals surface area contributed by atoms with Gasteiger partial charge in [0.15, 0.2) is 5.82 Å². The first-order valence-corrected chi connectivity index (χ1v) is 6.53. The topological polar surface area (TPSA) is 63.1 Å². The maximum atomic E-state index is 10.9. The Bertz CT molecular complexity index is 646. The Kier molecular flexibility index (Phi) is 3.77. The van der Waals surface area contributed by atoms with E-state index in [4.69, 9.17) is 16.7 Å². The zero-order valence-electron chi connectivity index (χ0n) is 11.5. The van der Waals surface area contributed by atoms with Crippen molar-refractivity contribution in [2.24, 2.45) is 0 Å². The molecular formula is C15H15ClN2O2. The minimum Gasteiger partial charge on any atom is -0.478 e. The molecule has 0 saturated heterocycles. The second-order valence-corrected chi connectivity index (χ2v) is 5.89. The predicted molar refractivity (Wildman–Crippen MR) is 78.1 cm³/mol. The molecule has 0 aliphatic heterocycles. The third-order valence-corrected chi connectivity index (χ3v) is 3.27. The highest BCUT2D eigenvalue weighted by atomic mass is 35.5. The Morgan fingerprint density at radius 3 is 2.25 bits per heavy atom. The van der Waals surface area contributed by atoms with E-state index in [1.54, 1.807) is 0 Å². The van der Waals surface area contributed by atoms with E-state index in [0.29, 0.717) is 5.82 Å². The van der Waals surface area contributed by atoms with Crippen molar-refractivity contribution in [3.05, 3.63) is 46.7 Å². The summed E-state index contributed by atoms with van der Waals surface area (Å²) in [5.41, 5.74) is 1.98. The highest BCUT2D eigenvalue weighted by Crippen LogP contribution is 2.25. The Balaban J connectivity index is 2.37. The maximum Gasteiger partial charge on any atom is 0.340 e. The summed E-state index contributed by atoms with van der Waals surface area (Å²) >= 11 is 5.85. The van der Waals surface area contributed by atoms with Crippen molar-refractivity contribution in [3.8, 4) is 11.4 Å². The van der Waals surface area contributed by atoms with Crippen molar-refractivity contribution in [2.75, 3.05) is 0 Å². The minimum atomic E-state index is -1.13. The van der Waals surface area contributed by atoms with E-state index < -0.39 is 5.97 Å². The molecule has 2 rings (SSSR count). The molecule has 1 N–H and O–H groups in total. The van der Waals surface area contributed by atoms with Crippen LogP contribution < -0.4 is 0 Å². The van der Waals surface area contributed by atoms with Crippen LogP contribution in [0.2, 0.25) is 5.15 Å². The third kappa shape index (κ3) is 2.96. The summed E-state index contributed by atoms with van der Waals surface area (Å²) in [6, 6.07) is 7.84. The summed E-state index contributed by atoms with van der Waals surface area (Å²) in [7, 11) is 0. The molecule has 5 heteroatoms. The number of benzene rings is 1. The van der Waals surface area contributed by atoms with Crippen molar-refractivity contribution in [2.45, 2.75) is 26.2 Å². The average molecular weight is 291 g/mol. The number of hydrogen-bond acceptors (Lipinski definition) is 3. The number of aromatic carboxylic acids is 1. The summed E-state index contributed by atoms with van der Waals surface area (Å²) in [6.07, 6.45) is 1.23. The highest BCUT2D eigenvalue weighted by molar-refractivity contribution is 6.32. The van der Waals surface area contributed by atoms with Gasteiger partial charge in [-0.15, -0.1) is 0 Å². The van der Waals surface area contributed by atoms with Crippen molar-refractivity contribution >= 4 is 17.6 Å². The number of carboxylic acids is 1. The summed E-state index contributed by atoms with van der Waals surface area (Å²) in [5.74, 6) is -0.718. The molecule has 1 aromatic heterocycles. The van der Waals surface area contributed by atoms with Gasteiger partial charge in [0, 0.05) is 11.8 Å². The summed E-state index contributed by atoms with van der Waals surface area (Å²) in [5, 5.41) is 8.84. The normalized spacial score (nSPS) is 11.4. The lowest BCUT2D eigenvalue weighted by atomic mass is 9.87. The van der Waals surface area contributed by atoms with Gasteiger partial charge in [-0.2, -0.15) is 0 Å². The van der Waals surface area contributed by atoms with Crippen LogP contribution in [0.25, 0.3) is 11.4 Å². The largest absolute Gasteiger partial charge is 0.478 e. The van der Waals surface area contributed by atoms with E-state index in [1.165, 1.54) is 11.8 Å². The Morgan fingerprint density at radius 2 is 1.80 bits per heavy atom. The molecule has 0 aliphatic carbocycles. The standard InChI is InChI=1S/C15H15ClN2O2/c1-15(2,3)10-6-4-9(5-7-10)13-17-8-11(14(19)20)12(16)18-13/h4-8H,1-3H3,(H,19,20). The van der Waals surface area contributed by atoms with Gasteiger partial charge < -0.3 is 5.11 Å². The number of halogens is 1. The smallest absolute Gasteiger partial charge is 0.340 e. The molecule has 1 heterocycles. The molecule has 0 bridgehead atoms. The fourth-order valence-electron chi connectivity index (χ4n) is 1.76. The molecule has 104 valence electrons. The van der Waals surface area contributed by atoms with Crippen molar-refractivity contribution in [1.29, 1.82) is 0 Å². The molecule has 0 aliphatic rings. The van der Waals surface area contributed by atoms with Gasteiger partial charge in [-0.1, -0.05) is 56.6 Å². The van der Waals surface area contributed by atoms with Crippen LogP contribution in [0, 0.1) is 0 Å². The number of carboxylic acid groups (broad SMARTS) is 1. The minimum absolute atomic E-state index is 0.0533. The third-order valence-electron chi connectivity index (χ3n) is 2.98. The van der Waals surface area contributed by atoms with Crippen molar-refractivity contribution in [1.82, 2.24) is 9.97 Å². The molecule has 1 aromatic carbocycles. The monoisotopic (exact) mass is 290 g/mol. The van der Waals surface area contributed by atoms with E-state index >= 15 is 0 Å². The summed E-state index contributed by atoms with van der Waals surface area (Å²) < 4.78 is 0. The molecule has 0 saturated carbocycles. The predicted octanol–water partition coefficient (Wildman–Crippen LogP) is 3.79. The molecule has 0 spiro atoms. The van der Waals surface area contributed by atoms with Crippen LogP contribution in [0.15, 0.2) is 30.5 Å². The van der Waals surface area contributed by atoms with Crippen LogP contribution in [0.4, 0.5) is 0 Å². The molecule has 0 atom stereocenters. The molecule has 0 unspecified atom stereocenters. The number of hydrogen-bond donors (Lipinski definition) is 1. The quantitative estimate of drug-likeness (QED) is 0.855. The second kappa shape index (κ2) is 5.21. The Hall–Kier alpha value is -1.94. The van der Waals surface area contributed by atoms with Gasteiger partial charge in [0.25, 0.3) is 0 Å². The lowest BCUT2D eigenvalue weighted by molar-refractivity contribution is 0.0696. The highest BCUT2D eigenvalue weighted by Gasteiger charge is 2.15. The zero-order valence-corrected chi connectivity index (χ0v) is 12.3. The fraction of sp³-hybridized carbons (Fsp3) is 0.267. The summed E-state index contributed by atoms with van der Waals surface area (Å²) in [4.78, 5) is 18.9. The van der Waals surface area contributed by atoms with Crippen molar-refractivity contribution < 1.29 is 9.90 Å². The second-order valence-electron chi connectivity index (χ2n) is 5.53. The fourth-order valence-corrected chi connectivity index (χ4v) is 1.97. The maximum absolute atomic E-state index is 10.9. The van der Waals surface area contributed by atoms with Gasteiger partial charge in [0.1, 0.15) is 10.7 Å². The van der Waals surface area contributed by atoms with Crippen molar-refractivity contribution in [3.63, 3.8) is 0 Å². The molecule has 2 aromatic rings. The molecule has 0 amide bonds. The lowest BCUT2D eigenvalue weighted by Gasteiger charge is -2.19. The molecular weight excluding hydrogens is 276 g/mol. The van der Waals surface area contributed by atoms with Crippen LogP contribution in [-0.4, -0.2) is 21.0 Å². The van der Waals surface area contributed by atoms with Gasteiger partial charge in [-0.3, -0.25) is 0 Å². The zero-order chi connectivity index (χ0) is 14.9. The van der Waals surface area contributed by atoms with E-state index in [9.17, 15) is 4.79 Å². The van der Waals surface area contributed by atoms with E-state index in [2.05, 4.69) is 30.7 Å². The van der Waals surface area contributed by atoms with E-state index in [0.717, 1.165) is 5.56 Å². The number of rotatable bonds is 2. The Labute approximate surface area is 122 Å². The first kappa shape index (κ1) is 14.5. The lowest BCUT2D eigenvalue weighted by Crippen LogP contribution is -2.10. The van der Waals surface area contributed by atoms with Crippen LogP contribution in [0.1, 0.15) is 36.7 Å². The van der Waals surface area contributed by atoms with Gasteiger partial charge in [-0.05, 0) is 11.0 Å². The number of carbonyl (C=O) groups is 1. The molecule has 0 fully saturated rings. The average Bonchev–Trinajstić information content (AvgIpc) is 2.37. The van der Waals surface area contributed by atoms with Gasteiger partial charge in [0.2, 0.25) is 0 Å². The SMILES string of the molecule is CC(C)(C)c1ccc(-c2ncc(C(=O)O)c(Cl)n2)cc1. The molecule has 0 radical (unpaired) electrons. The van der Waals surface area contributed by atoms with Gasteiger partial charge >= 0.3 is 5.97 Å². The molecule has 4 nitrogen and oxygen atoms in total.